The third-order valence-corrected chi connectivity index (χ3v) is 9.97. The van der Waals surface area contributed by atoms with Gasteiger partial charge >= 0.3 is 0 Å². The van der Waals surface area contributed by atoms with Crippen molar-refractivity contribution in [3.63, 3.8) is 0 Å². The van der Waals surface area contributed by atoms with E-state index in [0.29, 0.717) is 11.6 Å². The van der Waals surface area contributed by atoms with Gasteiger partial charge in [0, 0.05) is 5.54 Å². The van der Waals surface area contributed by atoms with Gasteiger partial charge in [-0.05, 0) is 34.7 Å². The summed E-state index contributed by atoms with van der Waals surface area (Å²) in [4.78, 5) is 4.14. The molecule has 1 aliphatic carbocycles. The molecule has 158 valence electrons. The molecule has 2 heteroatoms. The Balaban J connectivity index is 1.54. The van der Waals surface area contributed by atoms with E-state index in [9.17, 15) is 0 Å². The lowest BCUT2D eigenvalue weighted by Gasteiger charge is -2.35. The first-order chi connectivity index (χ1) is 14.0. The van der Waals surface area contributed by atoms with Crippen LogP contribution in [0.25, 0.3) is 11.1 Å². The van der Waals surface area contributed by atoms with Crippen LogP contribution in [0.2, 0.25) is 13.1 Å². The molecule has 29 heavy (non-hydrogen) atoms. The summed E-state index contributed by atoms with van der Waals surface area (Å²) in [5, 5.41) is 0. The summed E-state index contributed by atoms with van der Waals surface area (Å²) in [6, 6.07) is 18.7. The van der Waals surface area contributed by atoms with Gasteiger partial charge in [0.25, 0.3) is 0 Å². The van der Waals surface area contributed by atoms with Crippen molar-refractivity contribution in [3.8, 4) is 11.1 Å². The Morgan fingerprint density at radius 3 is 1.79 bits per heavy atom. The second kappa shape index (κ2) is 10.6. The molecule has 0 aliphatic heterocycles. The highest BCUT2D eigenvalue weighted by Gasteiger charge is 2.41. The highest BCUT2D eigenvalue weighted by Crippen LogP contribution is 2.48. The first-order valence-corrected chi connectivity index (χ1v) is 15.1. The zero-order valence-corrected chi connectivity index (χ0v) is 20.1. The minimum Gasteiger partial charge on any atom is -0.334 e. The van der Waals surface area contributed by atoms with Gasteiger partial charge in [-0.3, -0.25) is 0 Å². The third-order valence-electron chi connectivity index (χ3n) is 6.66. The summed E-state index contributed by atoms with van der Waals surface area (Å²) in [6.45, 7) is 9.76. The van der Waals surface area contributed by atoms with E-state index in [1.54, 1.807) is 0 Å². The van der Waals surface area contributed by atoms with Gasteiger partial charge in [-0.15, -0.1) is 0 Å². The first-order valence-electron chi connectivity index (χ1n) is 12.0. The zero-order chi connectivity index (χ0) is 20.7. The molecule has 3 rings (SSSR count). The van der Waals surface area contributed by atoms with Crippen LogP contribution in [0.4, 0.5) is 0 Å². The molecule has 0 amide bonds. The Morgan fingerprint density at radius 1 is 0.759 bits per heavy atom. The van der Waals surface area contributed by atoms with E-state index >= 15 is 0 Å². The van der Waals surface area contributed by atoms with E-state index in [2.05, 4.69) is 80.5 Å². The first kappa shape index (κ1) is 22.3. The molecule has 0 bridgehead atoms. The van der Waals surface area contributed by atoms with Crippen LogP contribution < -0.4 is 4.98 Å². The van der Waals surface area contributed by atoms with Crippen molar-refractivity contribution in [2.45, 2.75) is 96.3 Å². The van der Waals surface area contributed by atoms with Gasteiger partial charge in [0.2, 0.25) is 0 Å². The fourth-order valence-electron chi connectivity index (χ4n) is 5.31. The summed E-state index contributed by atoms with van der Waals surface area (Å²) >= 11 is 0. The molecule has 2 aromatic carbocycles. The maximum absolute atomic E-state index is 4.14. The molecule has 1 aliphatic rings. The molecule has 1 N–H and O–H groups in total. The molecule has 1 atom stereocenters. The summed E-state index contributed by atoms with van der Waals surface area (Å²) in [7, 11) is -1.68. The fraction of sp³-hybridized carbons (Fsp3) is 0.556. The standard InChI is InChI=1S/C27H41NSi/c1-5-6-7-8-9-10-11-12-17-22(2)28-29(3,4)27-25-20-15-13-18-23(25)24-19-14-16-21-26(24)27/h13-16,18-22,27-28H,5-12,17H2,1-4H3. The number of fused-ring (bicyclic) bond motifs is 3. The second-order valence-electron chi connectivity index (χ2n) is 9.64. The van der Waals surface area contributed by atoms with Crippen LogP contribution in [0.15, 0.2) is 48.5 Å². The van der Waals surface area contributed by atoms with E-state index in [0.717, 1.165) is 0 Å². The molecule has 0 spiro atoms. The van der Waals surface area contributed by atoms with Crippen LogP contribution in [0, 0.1) is 0 Å². The Hall–Kier alpha value is -1.38. The predicted octanol–water partition coefficient (Wildman–Crippen LogP) is 8.05. The number of hydrogen-bond donors (Lipinski definition) is 1. The van der Waals surface area contributed by atoms with Gasteiger partial charge in [-0.2, -0.15) is 0 Å². The normalized spacial score (nSPS) is 14.6. The molecule has 0 heterocycles. The van der Waals surface area contributed by atoms with Crippen LogP contribution in [-0.4, -0.2) is 14.3 Å². The molecule has 0 radical (unpaired) electrons. The summed E-state index contributed by atoms with van der Waals surface area (Å²) in [5.41, 5.74) is 6.53. The summed E-state index contributed by atoms with van der Waals surface area (Å²) in [5.74, 6) is 0. The smallest absolute Gasteiger partial charge is 0.131 e. The third kappa shape index (κ3) is 5.61. The fourth-order valence-corrected chi connectivity index (χ4v) is 8.95. The average Bonchev–Trinajstić information content (AvgIpc) is 3.05. The molecule has 0 aromatic heterocycles. The monoisotopic (exact) mass is 407 g/mol. The van der Waals surface area contributed by atoms with Gasteiger partial charge in [0.15, 0.2) is 0 Å². The van der Waals surface area contributed by atoms with E-state index in [-0.39, 0.29) is 0 Å². The quantitative estimate of drug-likeness (QED) is 0.277. The Bertz CT molecular complexity index is 721. The zero-order valence-electron chi connectivity index (χ0n) is 19.1. The van der Waals surface area contributed by atoms with Gasteiger partial charge in [-0.25, -0.2) is 0 Å². The summed E-state index contributed by atoms with van der Waals surface area (Å²) in [6.07, 6.45) is 12.5. The van der Waals surface area contributed by atoms with Gasteiger partial charge in [0.1, 0.15) is 8.24 Å². The van der Waals surface area contributed by atoms with Crippen LogP contribution >= 0.6 is 0 Å². The lowest BCUT2D eigenvalue weighted by atomic mass is 10.1. The Morgan fingerprint density at radius 2 is 1.24 bits per heavy atom. The molecular formula is C27H41NSi. The van der Waals surface area contributed by atoms with Crippen LogP contribution in [-0.2, 0) is 0 Å². The van der Waals surface area contributed by atoms with Crippen molar-refractivity contribution >= 4 is 8.24 Å². The van der Waals surface area contributed by atoms with Crippen molar-refractivity contribution in [1.29, 1.82) is 0 Å². The van der Waals surface area contributed by atoms with Crippen LogP contribution in [0.3, 0.4) is 0 Å². The molecule has 0 saturated carbocycles. The lowest BCUT2D eigenvalue weighted by Crippen LogP contribution is -2.54. The van der Waals surface area contributed by atoms with E-state index < -0.39 is 8.24 Å². The minimum absolute atomic E-state index is 0.552. The SMILES string of the molecule is CCCCCCCCCCC(C)N[Si](C)(C)C1c2ccccc2-c2ccccc21. The largest absolute Gasteiger partial charge is 0.334 e. The number of hydrogen-bond acceptors (Lipinski definition) is 1. The Kier molecular flexibility index (Phi) is 8.14. The van der Waals surface area contributed by atoms with E-state index in [1.807, 2.05) is 0 Å². The predicted molar refractivity (Wildman–Crippen MR) is 131 cm³/mol. The Labute approximate surface area is 180 Å². The van der Waals surface area contributed by atoms with Crippen molar-refractivity contribution in [2.24, 2.45) is 0 Å². The molecule has 1 nitrogen and oxygen atoms in total. The lowest BCUT2D eigenvalue weighted by molar-refractivity contribution is 0.522. The number of nitrogens with one attached hydrogen (secondary N) is 1. The summed E-state index contributed by atoms with van der Waals surface area (Å²) < 4.78 is 0. The van der Waals surface area contributed by atoms with E-state index in [1.165, 1.54) is 80.0 Å². The van der Waals surface area contributed by atoms with Crippen molar-refractivity contribution in [3.05, 3.63) is 59.7 Å². The molecular weight excluding hydrogens is 366 g/mol. The number of rotatable bonds is 12. The maximum Gasteiger partial charge on any atom is 0.131 e. The molecule has 1 unspecified atom stereocenters. The molecule has 0 fully saturated rings. The highest BCUT2D eigenvalue weighted by atomic mass is 28.3. The number of benzene rings is 2. The van der Waals surface area contributed by atoms with E-state index in [4.69, 9.17) is 0 Å². The van der Waals surface area contributed by atoms with Crippen molar-refractivity contribution < 1.29 is 0 Å². The van der Waals surface area contributed by atoms with Gasteiger partial charge in [-0.1, -0.05) is 127 Å². The van der Waals surface area contributed by atoms with Gasteiger partial charge in [0.05, 0.1) is 0 Å². The number of unbranched alkanes of at least 4 members (excludes halogenated alkanes) is 7. The average molecular weight is 408 g/mol. The molecule has 2 aromatic rings. The topological polar surface area (TPSA) is 12.0 Å². The highest BCUT2D eigenvalue weighted by molar-refractivity contribution is 6.77. The van der Waals surface area contributed by atoms with Crippen LogP contribution in [0.1, 0.15) is 88.3 Å². The van der Waals surface area contributed by atoms with Gasteiger partial charge < -0.3 is 4.98 Å². The molecule has 0 saturated heterocycles. The second-order valence-corrected chi connectivity index (χ2v) is 13.9. The van der Waals surface area contributed by atoms with Crippen molar-refractivity contribution in [2.75, 3.05) is 0 Å². The van der Waals surface area contributed by atoms with Crippen LogP contribution in [0.5, 0.6) is 0 Å². The van der Waals surface area contributed by atoms with Crippen molar-refractivity contribution in [1.82, 2.24) is 4.98 Å². The maximum atomic E-state index is 4.14. The minimum atomic E-state index is -1.68.